The van der Waals surface area contributed by atoms with E-state index in [0.29, 0.717) is 16.5 Å². The van der Waals surface area contributed by atoms with Gasteiger partial charge in [-0.3, -0.25) is 10.1 Å². The third kappa shape index (κ3) is 3.15. The molecule has 1 N–H and O–H groups in total. The summed E-state index contributed by atoms with van der Waals surface area (Å²) in [6.07, 6.45) is 1.63. The first kappa shape index (κ1) is 14.5. The van der Waals surface area contributed by atoms with Crippen LogP contribution in [0.25, 0.3) is 0 Å². The number of aromatic nitrogens is 1. The number of halogens is 1. The van der Waals surface area contributed by atoms with Crippen LogP contribution < -0.4 is 5.32 Å². The van der Waals surface area contributed by atoms with Crippen molar-refractivity contribution in [2.45, 2.75) is 26.4 Å². The predicted octanol–water partition coefficient (Wildman–Crippen LogP) is 3.40. The summed E-state index contributed by atoms with van der Waals surface area (Å²) in [5.74, 6) is 1.26. The molecule has 1 unspecified atom stereocenters. The number of aryl methyl sites for hydroxylation is 1. The van der Waals surface area contributed by atoms with Crippen molar-refractivity contribution in [2.75, 3.05) is 0 Å². The van der Waals surface area contributed by atoms with Crippen LogP contribution in [-0.2, 0) is 6.54 Å². The number of benzene rings is 1. The molecule has 0 spiro atoms. The minimum absolute atomic E-state index is 0.000727. The summed E-state index contributed by atoms with van der Waals surface area (Å²) < 4.78 is 5.40. The SMILES string of the molecule is Cc1cnc(C(C)NCc2c(Cl)cccc2[N+](=O)[O-])o1. The standard InChI is InChI=1S/C13H14ClN3O3/c1-8-6-16-13(20-8)9(2)15-7-10-11(14)4-3-5-12(10)17(18)19/h3-6,9,15H,7H2,1-2H3. The number of oxazole rings is 1. The molecular formula is C13H14ClN3O3. The van der Waals surface area contributed by atoms with Crippen LogP contribution in [0.2, 0.25) is 5.02 Å². The van der Waals surface area contributed by atoms with Crippen LogP contribution in [0.4, 0.5) is 5.69 Å². The molecule has 0 saturated heterocycles. The van der Waals surface area contributed by atoms with Gasteiger partial charge in [-0.1, -0.05) is 17.7 Å². The summed E-state index contributed by atoms with van der Waals surface area (Å²) in [6, 6.07) is 4.46. The molecule has 106 valence electrons. The molecule has 2 rings (SSSR count). The van der Waals surface area contributed by atoms with Gasteiger partial charge in [0.1, 0.15) is 5.76 Å². The molecule has 0 aliphatic heterocycles. The maximum Gasteiger partial charge on any atom is 0.275 e. The van der Waals surface area contributed by atoms with E-state index in [4.69, 9.17) is 16.0 Å². The van der Waals surface area contributed by atoms with Gasteiger partial charge in [-0.25, -0.2) is 4.98 Å². The zero-order valence-electron chi connectivity index (χ0n) is 11.1. The van der Waals surface area contributed by atoms with E-state index in [1.54, 1.807) is 18.3 Å². The van der Waals surface area contributed by atoms with Gasteiger partial charge in [0.05, 0.1) is 27.7 Å². The maximum atomic E-state index is 11.0. The largest absolute Gasteiger partial charge is 0.444 e. The minimum Gasteiger partial charge on any atom is -0.444 e. The summed E-state index contributed by atoms with van der Waals surface area (Å²) in [7, 11) is 0. The molecule has 0 radical (unpaired) electrons. The highest BCUT2D eigenvalue weighted by Crippen LogP contribution is 2.26. The van der Waals surface area contributed by atoms with E-state index >= 15 is 0 Å². The van der Waals surface area contributed by atoms with Gasteiger partial charge in [-0.15, -0.1) is 0 Å². The molecule has 0 bridgehead atoms. The van der Waals surface area contributed by atoms with Gasteiger partial charge in [-0.2, -0.15) is 0 Å². The quantitative estimate of drug-likeness (QED) is 0.675. The lowest BCUT2D eigenvalue weighted by atomic mass is 10.1. The van der Waals surface area contributed by atoms with Crippen molar-refractivity contribution in [3.8, 4) is 0 Å². The molecule has 1 aromatic carbocycles. The Hall–Kier alpha value is -1.92. The number of nitro benzene ring substituents is 1. The topological polar surface area (TPSA) is 81.2 Å². The van der Waals surface area contributed by atoms with E-state index in [-0.39, 0.29) is 18.3 Å². The van der Waals surface area contributed by atoms with Crippen LogP contribution in [0.1, 0.15) is 30.2 Å². The Kier molecular flexibility index (Phi) is 4.36. The van der Waals surface area contributed by atoms with Crippen LogP contribution >= 0.6 is 11.6 Å². The molecule has 20 heavy (non-hydrogen) atoms. The summed E-state index contributed by atoms with van der Waals surface area (Å²) in [4.78, 5) is 14.7. The molecule has 2 aromatic rings. The predicted molar refractivity (Wildman–Crippen MR) is 74.6 cm³/mol. The summed E-state index contributed by atoms with van der Waals surface area (Å²) in [6.45, 7) is 3.94. The highest BCUT2D eigenvalue weighted by molar-refractivity contribution is 6.31. The van der Waals surface area contributed by atoms with Crippen molar-refractivity contribution >= 4 is 17.3 Å². The van der Waals surface area contributed by atoms with Crippen molar-refractivity contribution in [1.82, 2.24) is 10.3 Å². The first-order valence-corrected chi connectivity index (χ1v) is 6.44. The molecule has 7 heteroatoms. The number of rotatable bonds is 5. The molecule has 0 saturated carbocycles. The van der Waals surface area contributed by atoms with Crippen molar-refractivity contribution in [2.24, 2.45) is 0 Å². The van der Waals surface area contributed by atoms with Gasteiger partial charge in [0.15, 0.2) is 0 Å². The van der Waals surface area contributed by atoms with Crippen LogP contribution in [0.15, 0.2) is 28.8 Å². The lowest BCUT2D eigenvalue weighted by Crippen LogP contribution is -2.19. The van der Waals surface area contributed by atoms with Crippen LogP contribution in [0.5, 0.6) is 0 Å². The van der Waals surface area contributed by atoms with Crippen LogP contribution in [0.3, 0.4) is 0 Å². The van der Waals surface area contributed by atoms with E-state index in [2.05, 4.69) is 10.3 Å². The zero-order valence-corrected chi connectivity index (χ0v) is 11.8. The monoisotopic (exact) mass is 295 g/mol. The molecule has 1 atom stereocenters. The molecule has 6 nitrogen and oxygen atoms in total. The van der Waals surface area contributed by atoms with Crippen LogP contribution in [0, 0.1) is 17.0 Å². The second-order valence-electron chi connectivity index (χ2n) is 4.41. The zero-order chi connectivity index (χ0) is 14.7. The first-order valence-electron chi connectivity index (χ1n) is 6.06. The fraction of sp³-hybridized carbons (Fsp3) is 0.308. The second-order valence-corrected chi connectivity index (χ2v) is 4.81. The highest BCUT2D eigenvalue weighted by Gasteiger charge is 2.18. The third-order valence-electron chi connectivity index (χ3n) is 2.89. The molecule has 0 aliphatic rings. The Balaban J connectivity index is 2.13. The molecule has 1 aromatic heterocycles. The average Bonchev–Trinajstić information content (AvgIpc) is 2.83. The summed E-state index contributed by atoms with van der Waals surface area (Å²) >= 11 is 6.02. The van der Waals surface area contributed by atoms with Gasteiger partial charge in [0.25, 0.3) is 5.69 Å². The van der Waals surface area contributed by atoms with Crippen molar-refractivity contribution in [3.05, 3.63) is 56.7 Å². The molecule has 0 aliphatic carbocycles. The van der Waals surface area contributed by atoms with Gasteiger partial charge in [0, 0.05) is 12.6 Å². The normalized spacial score (nSPS) is 12.3. The van der Waals surface area contributed by atoms with Gasteiger partial charge in [0.2, 0.25) is 5.89 Å². The number of nitrogens with one attached hydrogen (secondary N) is 1. The van der Waals surface area contributed by atoms with Crippen molar-refractivity contribution in [1.29, 1.82) is 0 Å². The number of nitro groups is 1. The Morgan fingerprint density at radius 2 is 2.30 bits per heavy atom. The van der Waals surface area contributed by atoms with Gasteiger partial charge < -0.3 is 9.73 Å². The molecular weight excluding hydrogens is 282 g/mol. The number of hydrogen-bond donors (Lipinski definition) is 1. The fourth-order valence-corrected chi connectivity index (χ4v) is 2.04. The van der Waals surface area contributed by atoms with E-state index in [1.165, 1.54) is 6.07 Å². The minimum atomic E-state index is -0.442. The van der Waals surface area contributed by atoms with E-state index in [0.717, 1.165) is 5.76 Å². The second kappa shape index (κ2) is 6.02. The Morgan fingerprint density at radius 3 is 2.90 bits per heavy atom. The molecule has 0 amide bonds. The Morgan fingerprint density at radius 1 is 1.55 bits per heavy atom. The number of nitrogens with zero attached hydrogens (tertiary/aromatic N) is 2. The highest BCUT2D eigenvalue weighted by atomic mass is 35.5. The van der Waals surface area contributed by atoms with Crippen LogP contribution in [-0.4, -0.2) is 9.91 Å². The lowest BCUT2D eigenvalue weighted by Gasteiger charge is -2.11. The van der Waals surface area contributed by atoms with Crippen molar-refractivity contribution in [3.63, 3.8) is 0 Å². The third-order valence-corrected chi connectivity index (χ3v) is 3.24. The average molecular weight is 296 g/mol. The van der Waals surface area contributed by atoms with Crippen molar-refractivity contribution < 1.29 is 9.34 Å². The Labute approximate surface area is 120 Å². The smallest absolute Gasteiger partial charge is 0.275 e. The summed E-state index contributed by atoms with van der Waals surface area (Å²) in [5.41, 5.74) is 0.454. The maximum absolute atomic E-state index is 11.0. The first-order chi connectivity index (χ1) is 9.49. The van der Waals surface area contributed by atoms with E-state index in [9.17, 15) is 10.1 Å². The fourth-order valence-electron chi connectivity index (χ4n) is 1.81. The Bertz CT molecular complexity index is 627. The van der Waals surface area contributed by atoms with Gasteiger partial charge >= 0.3 is 0 Å². The summed E-state index contributed by atoms with van der Waals surface area (Å²) in [5, 5.41) is 14.5. The van der Waals surface area contributed by atoms with E-state index < -0.39 is 4.92 Å². The van der Waals surface area contributed by atoms with Gasteiger partial charge in [-0.05, 0) is 19.9 Å². The van der Waals surface area contributed by atoms with E-state index in [1.807, 2.05) is 13.8 Å². The molecule has 0 fully saturated rings. The number of hydrogen-bond acceptors (Lipinski definition) is 5. The molecule has 1 heterocycles. The lowest BCUT2D eigenvalue weighted by molar-refractivity contribution is -0.385.